The van der Waals surface area contributed by atoms with Crippen LogP contribution in [0.25, 0.3) is 11.5 Å². The Morgan fingerprint density at radius 2 is 2.33 bits per heavy atom. The molecule has 0 bridgehead atoms. The lowest BCUT2D eigenvalue weighted by Crippen LogP contribution is -2.14. The van der Waals surface area contributed by atoms with Gasteiger partial charge in [-0.25, -0.2) is 0 Å². The molecule has 1 unspecified atom stereocenters. The molecule has 0 aliphatic heterocycles. The zero-order chi connectivity index (χ0) is 12.7. The fourth-order valence-corrected chi connectivity index (χ4v) is 1.89. The Morgan fingerprint density at radius 3 is 3.00 bits per heavy atom. The molecule has 3 N–H and O–H groups in total. The fraction of sp³-hybridized carbons (Fsp3) is 0.417. The molecule has 1 aliphatic carbocycles. The van der Waals surface area contributed by atoms with E-state index in [0.29, 0.717) is 17.3 Å². The van der Waals surface area contributed by atoms with Crippen LogP contribution in [0.2, 0.25) is 0 Å². The van der Waals surface area contributed by atoms with Crippen molar-refractivity contribution in [1.82, 2.24) is 15.1 Å². The maximum atomic E-state index is 11.8. The van der Waals surface area contributed by atoms with Crippen LogP contribution in [0.4, 0.5) is 0 Å². The largest absolute Gasteiger partial charge is 0.364 e. The molecule has 1 aliphatic rings. The zero-order valence-corrected chi connectivity index (χ0v) is 10.0. The van der Waals surface area contributed by atoms with Gasteiger partial charge in [-0.1, -0.05) is 5.16 Å². The van der Waals surface area contributed by atoms with Gasteiger partial charge in [0.25, 0.3) is 5.89 Å². The third kappa shape index (κ3) is 1.95. The number of aromatic nitrogens is 3. The summed E-state index contributed by atoms with van der Waals surface area (Å²) in [6.45, 7) is 1.81. The van der Waals surface area contributed by atoms with Crippen LogP contribution >= 0.6 is 0 Å². The van der Waals surface area contributed by atoms with Crippen molar-refractivity contribution < 1.29 is 4.52 Å². The van der Waals surface area contributed by atoms with E-state index in [-0.39, 0.29) is 17.4 Å². The first-order valence-electron chi connectivity index (χ1n) is 5.94. The van der Waals surface area contributed by atoms with Gasteiger partial charge in [-0.05, 0) is 25.7 Å². The highest BCUT2D eigenvalue weighted by molar-refractivity contribution is 5.50. The van der Waals surface area contributed by atoms with E-state index in [1.165, 1.54) is 6.07 Å². The number of aromatic amines is 1. The lowest BCUT2D eigenvalue weighted by atomic mass is 10.2. The van der Waals surface area contributed by atoms with Crippen LogP contribution in [-0.4, -0.2) is 15.1 Å². The Labute approximate surface area is 103 Å². The molecule has 0 aromatic carbocycles. The van der Waals surface area contributed by atoms with Crippen molar-refractivity contribution >= 4 is 0 Å². The standard InChI is InChI=1S/C12H14N4O2/c1-6-4-9(17)8(5-14-6)12-15-11(16-18-12)10(13)7-2-3-7/h4-5,7,10H,2-3,13H2,1H3,(H,14,17). The second-order valence-corrected chi connectivity index (χ2v) is 4.71. The number of nitrogens with zero attached hydrogens (tertiary/aromatic N) is 2. The van der Waals surface area contributed by atoms with Gasteiger partial charge in [-0.3, -0.25) is 4.79 Å². The Balaban J connectivity index is 1.94. The summed E-state index contributed by atoms with van der Waals surface area (Å²) in [7, 11) is 0. The number of nitrogens with one attached hydrogen (secondary N) is 1. The van der Waals surface area contributed by atoms with Crippen LogP contribution in [0.3, 0.4) is 0 Å². The second kappa shape index (κ2) is 4.06. The minimum absolute atomic E-state index is 0.138. The number of pyridine rings is 1. The normalized spacial score (nSPS) is 16.8. The van der Waals surface area contributed by atoms with E-state index in [1.54, 1.807) is 6.20 Å². The first kappa shape index (κ1) is 11.2. The van der Waals surface area contributed by atoms with Gasteiger partial charge >= 0.3 is 0 Å². The molecule has 18 heavy (non-hydrogen) atoms. The molecular formula is C12H14N4O2. The van der Waals surface area contributed by atoms with Gasteiger partial charge in [0.1, 0.15) is 5.56 Å². The van der Waals surface area contributed by atoms with Crippen molar-refractivity contribution in [2.75, 3.05) is 0 Å². The topological polar surface area (TPSA) is 97.8 Å². The third-order valence-electron chi connectivity index (χ3n) is 3.16. The SMILES string of the molecule is Cc1cc(=O)c(-c2nc(C(N)C3CC3)no2)c[nH]1. The second-order valence-electron chi connectivity index (χ2n) is 4.71. The van der Waals surface area contributed by atoms with Crippen LogP contribution in [0.1, 0.15) is 30.4 Å². The van der Waals surface area contributed by atoms with Crippen molar-refractivity contribution in [1.29, 1.82) is 0 Å². The van der Waals surface area contributed by atoms with Gasteiger partial charge in [0.05, 0.1) is 6.04 Å². The fourth-order valence-electron chi connectivity index (χ4n) is 1.89. The van der Waals surface area contributed by atoms with Crippen molar-refractivity contribution in [2.24, 2.45) is 11.7 Å². The summed E-state index contributed by atoms with van der Waals surface area (Å²) >= 11 is 0. The summed E-state index contributed by atoms with van der Waals surface area (Å²) in [4.78, 5) is 18.9. The molecule has 6 heteroatoms. The first-order valence-corrected chi connectivity index (χ1v) is 5.94. The average Bonchev–Trinajstić information content (AvgIpc) is 3.07. The van der Waals surface area contributed by atoms with Crippen molar-refractivity contribution in [3.05, 3.63) is 34.0 Å². The minimum Gasteiger partial charge on any atom is -0.364 e. The van der Waals surface area contributed by atoms with E-state index in [9.17, 15) is 4.79 Å². The molecule has 0 radical (unpaired) electrons. The van der Waals surface area contributed by atoms with Gasteiger partial charge in [0, 0.05) is 18.0 Å². The van der Waals surface area contributed by atoms with E-state index < -0.39 is 0 Å². The van der Waals surface area contributed by atoms with Gasteiger partial charge < -0.3 is 15.2 Å². The number of hydrogen-bond acceptors (Lipinski definition) is 5. The van der Waals surface area contributed by atoms with E-state index in [4.69, 9.17) is 10.3 Å². The van der Waals surface area contributed by atoms with Gasteiger partial charge in [0.2, 0.25) is 0 Å². The first-order chi connectivity index (χ1) is 8.65. The van der Waals surface area contributed by atoms with Crippen molar-refractivity contribution in [3.63, 3.8) is 0 Å². The predicted octanol–water partition coefficient (Wildman–Crippen LogP) is 1.14. The molecule has 0 amide bonds. The molecule has 0 saturated heterocycles. The summed E-state index contributed by atoms with van der Waals surface area (Å²) in [6.07, 6.45) is 3.80. The van der Waals surface area contributed by atoms with Crippen LogP contribution in [0, 0.1) is 12.8 Å². The average molecular weight is 246 g/mol. The van der Waals surface area contributed by atoms with Crippen LogP contribution in [-0.2, 0) is 0 Å². The molecule has 2 aromatic rings. The molecule has 1 atom stereocenters. The monoisotopic (exact) mass is 246 g/mol. The van der Waals surface area contributed by atoms with Gasteiger partial charge in [-0.2, -0.15) is 4.98 Å². The highest BCUT2D eigenvalue weighted by Gasteiger charge is 2.32. The molecule has 0 spiro atoms. The maximum Gasteiger partial charge on any atom is 0.263 e. The smallest absolute Gasteiger partial charge is 0.263 e. The van der Waals surface area contributed by atoms with Gasteiger partial charge in [-0.15, -0.1) is 0 Å². The lowest BCUT2D eigenvalue weighted by Gasteiger charge is -2.01. The Bertz CT molecular complexity index is 627. The van der Waals surface area contributed by atoms with E-state index >= 15 is 0 Å². The summed E-state index contributed by atoms with van der Waals surface area (Å²) < 4.78 is 5.11. The predicted molar refractivity (Wildman–Crippen MR) is 64.7 cm³/mol. The van der Waals surface area contributed by atoms with E-state index in [2.05, 4.69) is 15.1 Å². The summed E-state index contributed by atoms with van der Waals surface area (Å²) in [5.41, 5.74) is 7.01. The van der Waals surface area contributed by atoms with Crippen LogP contribution < -0.4 is 11.2 Å². The summed E-state index contributed by atoms with van der Waals surface area (Å²) in [6, 6.07) is 1.31. The number of rotatable bonds is 3. The number of nitrogens with two attached hydrogens (primary N) is 1. The lowest BCUT2D eigenvalue weighted by molar-refractivity contribution is 0.411. The third-order valence-corrected chi connectivity index (χ3v) is 3.16. The zero-order valence-electron chi connectivity index (χ0n) is 10.0. The molecular weight excluding hydrogens is 232 g/mol. The number of H-pyrrole nitrogens is 1. The molecule has 94 valence electrons. The van der Waals surface area contributed by atoms with Crippen LogP contribution in [0.5, 0.6) is 0 Å². The minimum atomic E-state index is -0.188. The summed E-state index contributed by atoms with van der Waals surface area (Å²) in [5, 5.41) is 3.85. The molecule has 2 heterocycles. The summed E-state index contributed by atoms with van der Waals surface area (Å²) in [5.74, 6) is 1.15. The molecule has 3 rings (SSSR count). The highest BCUT2D eigenvalue weighted by Crippen LogP contribution is 2.38. The molecule has 2 aromatic heterocycles. The Hall–Kier alpha value is -1.95. The number of aryl methyl sites for hydroxylation is 1. The quantitative estimate of drug-likeness (QED) is 0.846. The van der Waals surface area contributed by atoms with Crippen LogP contribution in [0.15, 0.2) is 21.6 Å². The molecule has 1 saturated carbocycles. The van der Waals surface area contributed by atoms with E-state index in [1.807, 2.05) is 6.92 Å². The van der Waals surface area contributed by atoms with Crippen molar-refractivity contribution in [3.8, 4) is 11.5 Å². The van der Waals surface area contributed by atoms with Gasteiger partial charge in [0.15, 0.2) is 11.3 Å². The highest BCUT2D eigenvalue weighted by atomic mass is 16.5. The molecule has 1 fully saturated rings. The van der Waals surface area contributed by atoms with E-state index in [0.717, 1.165) is 18.5 Å². The molecule has 6 nitrogen and oxygen atoms in total. The Kier molecular flexibility index (Phi) is 2.52. The van der Waals surface area contributed by atoms with Crippen molar-refractivity contribution in [2.45, 2.75) is 25.8 Å². The Morgan fingerprint density at radius 1 is 1.56 bits per heavy atom. The number of hydrogen-bond donors (Lipinski definition) is 2. The maximum absolute atomic E-state index is 11.8.